The second-order valence-electron chi connectivity index (χ2n) is 9.00. The monoisotopic (exact) mass is 449 g/mol. The number of halogens is 1. The van der Waals surface area contributed by atoms with E-state index in [1.54, 1.807) is 23.2 Å². The molecule has 2 amide bonds. The van der Waals surface area contributed by atoms with Crippen molar-refractivity contribution in [1.29, 1.82) is 0 Å². The summed E-state index contributed by atoms with van der Waals surface area (Å²) in [7, 11) is 0. The average molecular weight is 450 g/mol. The first-order chi connectivity index (χ1) is 16.0. The molecule has 2 fully saturated rings. The van der Waals surface area contributed by atoms with Crippen LogP contribution in [0.5, 0.6) is 0 Å². The van der Waals surface area contributed by atoms with Gasteiger partial charge in [0.05, 0.1) is 17.3 Å². The van der Waals surface area contributed by atoms with Crippen LogP contribution in [0.1, 0.15) is 76.9 Å². The summed E-state index contributed by atoms with van der Waals surface area (Å²) in [5.41, 5.74) is 2.21. The van der Waals surface area contributed by atoms with Crippen LogP contribution < -0.4 is 0 Å². The van der Waals surface area contributed by atoms with Gasteiger partial charge in [-0.15, -0.1) is 0 Å². The van der Waals surface area contributed by atoms with Crippen molar-refractivity contribution in [2.75, 3.05) is 19.6 Å². The highest BCUT2D eigenvalue weighted by atomic mass is 19.1. The summed E-state index contributed by atoms with van der Waals surface area (Å²) in [6, 6.07) is 5.94. The molecule has 3 aromatic rings. The highest BCUT2D eigenvalue weighted by Crippen LogP contribution is 2.31. The number of carbonyl (C=O) groups is 2. The standard InChI is InChI=1S/C25H28FN5O2/c1-16-19(24(32)30-10-4-2-5-11-30)15-27-23(28-16)22-7-3-6-12-31(22)25(33)21-13-17-8-9-18(26)14-20(17)29-21/h8-9,13-15,22,29H,2-7,10-12H2,1H3/t22-/m1/s1. The molecule has 7 nitrogen and oxygen atoms in total. The molecule has 33 heavy (non-hydrogen) atoms. The lowest BCUT2D eigenvalue weighted by atomic mass is 10.0. The van der Waals surface area contributed by atoms with Crippen LogP contribution in [0, 0.1) is 12.7 Å². The summed E-state index contributed by atoms with van der Waals surface area (Å²) in [6.45, 7) is 3.99. The zero-order valence-electron chi connectivity index (χ0n) is 18.8. The van der Waals surface area contributed by atoms with Gasteiger partial charge in [-0.3, -0.25) is 9.59 Å². The SMILES string of the molecule is Cc1nc([C@H]2CCCCN2C(=O)c2cc3ccc(F)cc3[nH]2)ncc1C(=O)N1CCCCC1. The van der Waals surface area contributed by atoms with Crippen LogP contribution in [-0.4, -0.2) is 56.2 Å². The number of aryl methyl sites for hydroxylation is 1. The maximum atomic E-state index is 13.6. The van der Waals surface area contributed by atoms with Gasteiger partial charge in [-0.1, -0.05) is 0 Å². The van der Waals surface area contributed by atoms with Gasteiger partial charge in [0.1, 0.15) is 11.5 Å². The zero-order chi connectivity index (χ0) is 22.9. The molecular weight excluding hydrogens is 421 g/mol. The Bertz CT molecular complexity index is 1200. The smallest absolute Gasteiger partial charge is 0.270 e. The quantitative estimate of drug-likeness (QED) is 0.643. The number of benzene rings is 1. The molecule has 0 aliphatic carbocycles. The highest BCUT2D eigenvalue weighted by molar-refractivity contribution is 5.98. The highest BCUT2D eigenvalue weighted by Gasteiger charge is 2.32. The van der Waals surface area contributed by atoms with Gasteiger partial charge in [0.25, 0.3) is 11.8 Å². The fraction of sp³-hybridized carbons (Fsp3) is 0.440. The van der Waals surface area contributed by atoms with Gasteiger partial charge in [0.2, 0.25) is 0 Å². The number of piperidine rings is 2. The average Bonchev–Trinajstić information content (AvgIpc) is 3.27. The van der Waals surface area contributed by atoms with Crippen LogP contribution >= 0.6 is 0 Å². The Hall–Kier alpha value is -3.29. The second kappa shape index (κ2) is 8.92. The predicted octanol–water partition coefficient (Wildman–Crippen LogP) is 4.40. The molecule has 1 atom stereocenters. The summed E-state index contributed by atoms with van der Waals surface area (Å²) >= 11 is 0. The number of hydrogen-bond donors (Lipinski definition) is 1. The van der Waals surface area contributed by atoms with E-state index in [1.165, 1.54) is 12.1 Å². The number of amides is 2. The summed E-state index contributed by atoms with van der Waals surface area (Å²) < 4.78 is 13.6. The number of H-pyrrole nitrogens is 1. The van der Waals surface area contributed by atoms with Crippen LogP contribution in [0.4, 0.5) is 4.39 Å². The number of nitrogens with zero attached hydrogens (tertiary/aromatic N) is 4. The van der Waals surface area contributed by atoms with E-state index in [0.29, 0.717) is 34.8 Å². The maximum absolute atomic E-state index is 13.6. The second-order valence-corrected chi connectivity index (χ2v) is 9.00. The van der Waals surface area contributed by atoms with Gasteiger partial charge < -0.3 is 14.8 Å². The van der Waals surface area contributed by atoms with E-state index >= 15 is 0 Å². The van der Waals surface area contributed by atoms with Crippen molar-refractivity contribution in [1.82, 2.24) is 24.8 Å². The van der Waals surface area contributed by atoms with Gasteiger partial charge in [0, 0.05) is 36.7 Å². The Labute approximate surface area is 192 Å². The van der Waals surface area contributed by atoms with Gasteiger partial charge in [0.15, 0.2) is 5.82 Å². The van der Waals surface area contributed by atoms with Crippen molar-refractivity contribution in [2.45, 2.75) is 51.5 Å². The third-order valence-electron chi connectivity index (χ3n) is 6.75. The Morgan fingerprint density at radius 2 is 1.82 bits per heavy atom. The predicted molar refractivity (Wildman–Crippen MR) is 122 cm³/mol. The molecule has 0 radical (unpaired) electrons. The number of carbonyl (C=O) groups excluding carboxylic acids is 2. The number of hydrogen-bond acceptors (Lipinski definition) is 4. The molecule has 8 heteroatoms. The molecule has 0 unspecified atom stereocenters. The van der Waals surface area contributed by atoms with Gasteiger partial charge in [-0.2, -0.15) is 0 Å². The van der Waals surface area contributed by atoms with Crippen molar-refractivity contribution in [3.63, 3.8) is 0 Å². The third kappa shape index (κ3) is 4.21. The molecule has 4 heterocycles. The summed E-state index contributed by atoms with van der Waals surface area (Å²) in [6.07, 6.45) is 7.49. The molecule has 172 valence electrons. The minimum atomic E-state index is -0.345. The number of fused-ring (bicyclic) bond motifs is 1. The minimum Gasteiger partial charge on any atom is -0.350 e. The Kier molecular flexibility index (Phi) is 5.83. The van der Waals surface area contributed by atoms with E-state index < -0.39 is 0 Å². The lowest BCUT2D eigenvalue weighted by Crippen LogP contribution is -2.40. The topological polar surface area (TPSA) is 82.2 Å². The number of aromatic amines is 1. The molecule has 2 aliphatic heterocycles. The van der Waals surface area contributed by atoms with Crippen molar-refractivity contribution in [3.8, 4) is 0 Å². The molecule has 0 bridgehead atoms. The lowest BCUT2D eigenvalue weighted by Gasteiger charge is -2.34. The molecular formula is C25H28FN5O2. The van der Waals surface area contributed by atoms with Gasteiger partial charge in [-0.25, -0.2) is 14.4 Å². The van der Waals surface area contributed by atoms with E-state index in [0.717, 1.165) is 57.0 Å². The normalized spacial score (nSPS) is 19.2. The number of aromatic nitrogens is 3. The Morgan fingerprint density at radius 1 is 1.03 bits per heavy atom. The van der Waals surface area contributed by atoms with Crippen LogP contribution in [0.25, 0.3) is 10.9 Å². The fourth-order valence-corrected chi connectivity index (χ4v) is 4.94. The molecule has 0 saturated carbocycles. The molecule has 2 aromatic heterocycles. The number of rotatable bonds is 3. The van der Waals surface area contributed by atoms with Gasteiger partial charge >= 0.3 is 0 Å². The van der Waals surface area contributed by atoms with E-state index in [9.17, 15) is 14.0 Å². The van der Waals surface area contributed by atoms with Crippen LogP contribution in [0.15, 0.2) is 30.5 Å². The van der Waals surface area contributed by atoms with E-state index in [-0.39, 0.29) is 23.7 Å². The molecule has 1 aromatic carbocycles. The first kappa shape index (κ1) is 21.6. The van der Waals surface area contributed by atoms with Crippen LogP contribution in [0.2, 0.25) is 0 Å². The molecule has 2 saturated heterocycles. The van der Waals surface area contributed by atoms with E-state index in [2.05, 4.69) is 15.0 Å². The van der Waals surface area contributed by atoms with E-state index in [4.69, 9.17) is 0 Å². The maximum Gasteiger partial charge on any atom is 0.270 e. The van der Waals surface area contributed by atoms with Crippen molar-refractivity contribution in [2.24, 2.45) is 0 Å². The van der Waals surface area contributed by atoms with Gasteiger partial charge in [-0.05, 0) is 69.7 Å². The molecule has 0 spiro atoms. The zero-order valence-corrected chi connectivity index (χ0v) is 18.8. The first-order valence-corrected chi connectivity index (χ1v) is 11.7. The van der Waals surface area contributed by atoms with Crippen LogP contribution in [0.3, 0.4) is 0 Å². The minimum absolute atomic E-state index is 0.0133. The Morgan fingerprint density at radius 3 is 2.61 bits per heavy atom. The molecule has 2 aliphatic rings. The molecule has 1 N–H and O–H groups in total. The van der Waals surface area contributed by atoms with E-state index in [1.807, 2.05) is 11.8 Å². The largest absolute Gasteiger partial charge is 0.350 e. The Balaban J connectivity index is 1.40. The van der Waals surface area contributed by atoms with Crippen LogP contribution in [-0.2, 0) is 0 Å². The first-order valence-electron chi connectivity index (χ1n) is 11.7. The summed E-state index contributed by atoms with van der Waals surface area (Å²) in [5.74, 6) is 0.0619. The van der Waals surface area contributed by atoms with Crippen molar-refractivity contribution >= 4 is 22.7 Å². The van der Waals surface area contributed by atoms with Crippen molar-refractivity contribution < 1.29 is 14.0 Å². The number of nitrogens with one attached hydrogen (secondary N) is 1. The third-order valence-corrected chi connectivity index (χ3v) is 6.75. The summed E-state index contributed by atoms with van der Waals surface area (Å²) in [5, 5.41) is 0.793. The van der Waals surface area contributed by atoms with Crippen molar-refractivity contribution in [3.05, 3.63) is 59.1 Å². The summed E-state index contributed by atoms with van der Waals surface area (Å²) in [4.78, 5) is 42.3. The lowest BCUT2D eigenvalue weighted by molar-refractivity contribution is 0.0592. The fourth-order valence-electron chi connectivity index (χ4n) is 4.94. The molecule has 5 rings (SSSR count). The number of likely N-dealkylation sites (tertiary alicyclic amines) is 2.